The Balaban J connectivity index is 2.46. The van der Waals surface area contributed by atoms with Crippen LogP contribution in [0.15, 0.2) is 48.5 Å². The van der Waals surface area contributed by atoms with Gasteiger partial charge in [0.2, 0.25) is 0 Å². The summed E-state index contributed by atoms with van der Waals surface area (Å²) in [7, 11) is 0. The van der Waals surface area contributed by atoms with Gasteiger partial charge in [-0.05, 0) is 29.7 Å². The number of hydrogen-bond donors (Lipinski definition) is 0. The van der Waals surface area contributed by atoms with Gasteiger partial charge >= 0.3 is 0 Å². The lowest BCUT2D eigenvalue weighted by Crippen LogP contribution is -1.99. The van der Waals surface area contributed by atoms with Crippen molar-refractivity contribution in [3.05, 3.63) is 70.2 Å². The average molecular weight is 231 g/mol. The zero-order valence-corrected chi connectivity index (χ0v) is 10.3. The monoisotopic (exact) mass is 230 g/mol. The van der Waals surface area contributed by atoms with Crippen LogP contribution < -0.4 is 0 Å². The summed E-state index contributed by atoms with van der Waals surface area (Å²) in [4.78, 5) is 0. The van der Waals surface area contributed by atoms with Crippen LogP contribution >= 0.6 is 11.6 Å². The largest absolute Gasteiger partial charge is 0.0840 e. The van der Waals surface area contributed by atoms with E-state index in [4.69, 9.17) is 11.6 Å². The van der Waals surface area contributed by atoms with E-state index in [-0.39, 0.29) is 0 Å². The van der Waals surface area contributed by atoms with Gasteiger partial charge in [-0.1, -0.05) is 61.0 Å². The molecule has 0 fully saturated rings. The third kappa shape index (κ3) is 2.12. The maximum Gasteiger partial charge on any atom is 0.0446 e. The minimum atomic E-state index is 0.342. The third-order valence-corrected chi connectivity index (χ3v) is 3.33. The molecule has 0 amide bonds. The van der Waals surface area contributed by atoms with Gasteiger partial charge in [-0.2, -0.15) is 0 Å². The molecule has 1 unspecified atom stereocenters. The van der Waals surface area contributed by atoms with E-state index in [1.807, 2.05) is 18.2 Å². The smallest absolute Gasteiger partial charge is 0.0446 e. The van der Waals surface area contributed by atoms with E-state index in [0.717, 1.165) is 5.02 Å². The van der Waals surface area contributed by atoms with Gasteiger partial charge in [-0.15, -0.1) is 0 Å². The van der Waals surface area contributed by atoms with Crippen LogP contribution in [0.2, 0.25) is 5.02 Å². The molecule has 2 aromatic rings. The molecule has 0 aliphatic rings. The van der Waals surface area contributed by atoms with Crippen molar-refractivity contribution in [2.75, 3.05) is 0 Å². The van der Waals surface area contributed by atoms with E-state index in [0.29, 0.717) is 5.92 Å². The lowest BCUT2D eigenvalue weighted by Gasteiger charge is -2.16. The van der Waals surface area contributed by atoms with Crippen molar-refractivity contribution < 1.29 is 0 Å². The van der Waals surface area contributed by atoms with Crippen LogP contribution in [0.25, 0.3) is 0 Å². The van der Waals surface area contributed by atoms with Crippen LogP contribution in [0.1, 0.15) is 29.5 Å². The molecule has 0 saturated heterocycles. The first-order valence-corrected chi connectivity index (χ1v) is 5.88. The van der Waals surface area contributed by atoms with Gasteiger partial charge in [0.25, 0.3) is 0 Å². The van der Waals surface area contributed by atoms with Gasteiger partial charge in [0.05, 0.1) is 0 Å². The van der Waals surface area contributed by atoms with E-state index >= 15 is 0 Å². The van der Waals surface area contributed by atoms with Gasteiger partial charge in [0.15, 0.2) is 0 Å². The molecule has 0 aliphatic heterocycles. The Labute approximate surface area is 102 Å². The van der Waals surface area contributed by atoms with Gasteiger partial charge in [-0.3, -0.25) is 0 Å². The third-order valence-electron chi connectivity index (χ3n) is 3.00. The van der Waals surface area contributed by atoms with E-state index in [1.54, 1.807) is 0 Å². The summed E-state index contributed by atoms with van der Waals surface area (Å²) in [5.41, 5.74) is 3.79. The highest BCUT2D eigenvalue weighted by atomic mass is 35.5. The Kier molecular flexibility index (Phi) is 3.31. The summed E-state index contributed by atoms with van der Waals surface area (Å²) in [6.07, 6.45) is 0. The van der Waals surface area contributed by atoms with E-state index in [1.165, 1.54) is 16.7 Å². The second-order valence-corrected chi connectivity index (χ2v) is 4.51. The summed E-state index contributed by atoms with van der Waals surface area (Å²) < 4.78 is 0. The summed E-state index contributed by atoms with van der Waals surface area (Å²) in [6.45, 7) is 4.31. The fourth-order valence-corrected chi connectivity index (χ4v) is 2.49. The summed E-state index contributed by atoms with van der Waals surface area (Å²) in [6, 6.07) is 16.5. The number of hydrogen-bond acceptors (Lipinski definition) is 0. The topological polar surface area (TPSA) is 0 Å². The van der Waals surface area contributed by atoms with Crippen LogP contribution in [-0.4, -0.2) is 0 Å². The highest BCUT2D eigenvalue weighted by Gasteiger charge is 2.13. The van der Waals surface area contributed by atoms with Crippen LogP contribution in [-0.2, 0) is 0 Å². The number of rotatable bonds is 2. The average Bonchev–Trinajstić information content (AvgIpc) is 2.30. The summed E-state index contributed by atoms with van der Waals surface area (Å²) in [5.74, 6) is 0.342. The minimum absolute atomic E-state index is 0.342. The standard InChI is InChI=1S/C15H15Cl/c1-11-7-6-10-14(16)15(11)12(2)13-8-4-3-5-9-13/h3-10,12H,1-2H3. The minimum Gasteiger partial charge on any atom is -0.0840 e. The Morgan fingerprint density at radius 3 is 2.25 bits per heavy atom. The molecule has 1 atom stereocenters. The molecule has 2 rings (SSSR count). The molecule has 0 aromatic heterocycles. The molecule has 0 heterocycles. The fraction of sp³-hybridized carbons (Fsp3) is 0.200. The summed E-state index contributed by atoms with van der Waals surface area (Å²) >= 11 is 6.27. The lowest BCUT2D eigenvalue weighted by molar-refractivity contribution is 0.910. The molecule has 0 bridgehead atoms. The molecule has 0 N–H and O–H groups in total. The number of halogens is 1. The van der Waals surface area contributed by atoms with E-state index in [2.05, 4.69) is 44.2 Å². The SMILES string of the molecule is Cc1cccc(Cl)c1C(C)c1ccccc1. The normalized spacial score (nSPS) is 12.4. The molecule has 0 nitrogen and oxygen atoms in total. The quantitative estimate of drug-likeness (QED) is 0.695. The van der Waals surface area contributed by atoms with Crippen LogP contribution in [0.5, 0.6) is 0 Å². The first-order valence-electron chi connectivity index (χ1n) is 5.50. The van der Waals surface area contributed by atoms with Gasteiger partial charge in [-0.25, -0.2) is 0 Å². The predicted octanol–water partition coefficient (Wildman–Crippen LogP) is 4.80. The fourth-order valence-electron chi connectivity index (χ4n) is 2.10. The van der Waals surface area contributed by atoms with Crippen molar-refractivity contribution >= 4 is 11.6 Å². The molecule has 0 radical (unpaired) electrons. The molecule has 16 heavy (non-hydrogen) atoms. The number of benzene rings is 2. The molecule has 0 spiro atoms. The van der Waals surface area contributed by atoms with Crippen LogP contribution in [0.4, 0.5) is 0 Å². The molecular weight excluding hydrogens is 216 g/mol. The Morgan fingerprint density at radius 2 is 1.62 bits per heavy atom. The van der Waals surface area contributed by atoms with Crippen molar-refractivity contribution in [2.45, 2.75) is 19.8 Å². The Hall–Kier alpha value is -1.27. The van der Waals surface area contributed by atoms with Crippen molar-refractivity contribution in [2.24, 2.45) is 0 Å². The molecule has 1 heteroatoms. The highest BCUT2D eigenvalue weighted by Crippen LogP contribution is 2.32. The van der Waals surface area contributed by atoms with Crippen molar-refractivity contribution in [1.29, 1.82) is 0 Å². The second-order valence-electron chi connectivity index (χ2n) is 4.10. The Morgan fingerprint density at radius 1 is 0.938 bits per heavy atom. The van der Waals surface area contributed by atoms with Gasteiger partial charge < -0.3 is 0 Å². The van der Waals surface area contributed by atoms with Gasteiger partial charge in [0, 0.05) is 10.9 Å². The van der Waals surface area contributed by atoms with Crippen molar-refractivity contribution in [3.8, 4) is 0 Å². The first kappa shape index (κ1) is 11.2. The van der Waals surface area contributed by atoms with E-state index in [9.17, 15) is 0 Å². The Bertz CT molecular complexity index is 454. The maximum absolute atomic E-state index is 6.27. The predicted molar refractivity (Wildman–Crippen MR) is 70.1 cm³/mol. The molecule has 0 aliphatic carbocycles. The van der Waals surface area contributed by atoms with Crippen LogP contribution in [0, 0.1) is 6.92 Å². The molecule has 2 aromatic carbocycles. The van der Waals surface area contributed by atoms with Crippen LogP contribution in [0.3, 0.4) is 0 Å². The van der Waals surface area contributed by atoms with Gasteiger partial charge in [0.1, 0.15) is 0 Å². The maximum atomic E-state index is 6.27. The molecular formula is C15H15Cl. The molecule has 82 valence electrons. The van der Waals surface area contributed by atoms with Crippen molar-refractivity contribution in [3.63, 3.8) is 0 Å². The zero-order valence-electron chi connectivity index (χ0n) is 9.57. The lowest BCUT2D eigenvalue weighted by atomic mass is 9.90. The first-order chi connectivity index (χ1) is 7.70. The summed E-state index contributed by atoms with van der Waals surface area (Å²) in [5, 5.41) is 0.858. The molecule has 0 saturated carbocycles. The second kappa shape index (κ2) is 4.71. The van der Waals surface area contributed by atoms with E-state index < -0.39 is 0 Å². The number of aryl methyl sites for hydroxylation is 1. The zero-order chi connectivity index (χ0) is 11.5. The highest BCUT2D eigenvalue weighted by molar-refractivity contribution is 6.31. The van der Waals surface area contributed by atoms with Crippen molar-refractivity contribution in [1.82, 2.24) is 0 Å².